The molecule has 76 valence electrons. The normalized spacial score (nSPS) is 9.36. The van der Waals surface area contributed by atoms with Gasteiger partial charge < -0.3 is 10.9 Å². The van der Waals surface area contributed by atoms with Gasteiger partial charge >= 0.3 is 0 Å². The fraction of sp³-hybridized carbons (Fsp3) is 0. The number of pyridine rings is 1. The van der Waals surface area contributed by atoms with E-state index in [0.29, 0.717) is 11.5 Å². The third-order valence-electron chi connectivity index (χ3n) is 1.58. The Labute approximate surface area is 79.8 Å². The molecule has 0 bridgehead atoms. The Balaban J connectivity index is 3.14. The lowest BCUT2D eigenvalue weighted by molar-refractivity contribution is 0.0954. The number of nitrogens with one attached hydrogen (secondary N) is 3. The minimum absolute atomic E-state index is 0.248. The molecule has 1 heterocycles. The van der Waals surface area contributed by atoms with Crippen LogP contribution in [0.1, 0.15) is 10.4 Å². The zero-order valence-corrected chi connectivity index (χ0v) is 7.24. The summed E-state index contributed by atoms with van der Waals surface area (Å²) in [6, 6.07) is 1.41. The van der Waals surface area contributed by atoms with Gasteiger partial charge in [0.05, 0.1) is 17.4 Å². The first-order valence-corrected chi connectivity index (χ1v) is 3.67. The Morgan fingerprint density at radius 3 is 2.50 bits per heavy atom. The van der Waals surface area contributed by atoms with E-state index in [2.05, 4.69) is 15.8 Å². The molecule has 1 rings (SSSR count). The van der Waals surface area contributed by atoms with Crippen LogP contribution in [0.3, 0.4) is 0 Å². The van der Waals surface area contributed by atoms with Crippen molar-refractivity contribution in [3.8, 4) is 0 Å². The van der Waals surface area contributed by atoms with Crippen molar-refractivity contribution < 1.29 is 4.79 Å². The van der Waals surface area contributed by atoms with Crippen LogP contribution in [0.25, 0.3) is 0 Å². The van der Waals surface area contributed by atoms with Crippen LogP contribution in [0.4, 0.5) is 11.5 Å². The molecule has 0 saturated carbocycles. The maximum absolute atomic E-state index is 11.2. The summed E-state index contributed by atoms with van der Waals surface area (Å²) in [7, 11) is 0. The molecule has 0 saturated heterocycles. The maximum Gasteiger partial charge on any atom is 0.267 e. The van der Waals surface area contributed by atoms with Gasteiger partial charge in [-0.3, -0.25) is 16.1 Å². The number of aromatic nitrogens is 1. The monoisotopic (exact) mass is 197 g/mol. The number of carbonyl (C=O) groups excluding carboxylic acids is 1. The number of hydrazine groups is 3. The first-order valence-electron chi connectivity index (χ1n) is 3.67. The van der Waals surface area contributed by atoms with Gasteiger partial charge in [0.2, 0.25) is 0 Å². The SMILES string of the molecule is NNC(=O)c1cc(NN)ncc1NN. The predicted octanol–water partition coefficient (Wildman–Crippen LogP) is -1.74. The highest BCUT2D eigenvalue weighted by atomic mass is 16.2. The molecule has 0 unspecified atom stereocenters. The van der Waals surface area contributed by atoms with Gasteiger partial charge in [0.15, 0.2) is 0 Å². The van der Waals surface area contributed by atoms with E-state index in [9.17, 15) is 4.79 Å². The second kappa shape index (κ2) is 4.37. The summed E-state index contributed by atoms with van der Waals surface area (Å²) in [5.74, 6) is 15.1. The van der Waals surface area contributed by atoms with Crippen LogP contribution in [0.15, 0.2) is 12.3 Å². The highest BCUT2D eigenvalue weighted by Gasteiger charge is 2.10. The second-order valence-corrected chi connectivity index (χ2v) is 2.38. The fourth-order valence-corrected chi connectivity index (χ4v) is 0.915. The third kappa shape index (κ3) is 1.88. The number of carbonyl (C=O) groups is 1. The zero-order valence-electron chi connectivity index (χ0n) is 7.24. The third-order valence-corrected chi connectivity index (χ3v) is 1.58. The molecule has 8 heteroatoms. The Bertz CT molecular complexity index is 339. The average molecular weight is 197 g/mol. The number of rotatable bonds is 3. The summed E-state index contributed by atoms with van der Waals surface area (Å²) >= 11 is 0. The Kier molecular flexibility index (Phi) is 3.18. The van der Waals surface area contributed by atoms with E-state index in [1.165, 1.54) is 12.3 Å². The molecular weight excluding hydrogens is 186 g/mol. The van der Waals surface area contributed by atoms with Crippen molar-refractivity contribution in [1.82, 2.24) is 10.4 Å². The van der Waals surface area contributed by atoms with Crippen LogP contribution in [-0.2, 0) is 0 Å². The van der Waals surface area contributed by atoms with Crippen molar-refractivity contribution in [2.75, 3.05) is 10.9 Å². The van der Waals surface area contributed by atoms with Crippen LogP contribution in [0.5, 0.6) is 0 Å². The molecule has 0 aliphatic heterocycles. The van der Waals surface area contributed by atoms with E-state index in [4.69, 9.17) is 17.5 Å². The number of hydrogen-bond donors (Lipinski definition) is 6. The van der Waals surface area contributed by atoms with E-state index in [1.54, 1.807) is 0 Å². The Morgan fingerprint density at radius 2 is 2.00 bits per heavy atom. The van der Waals surface area contributed by atoms with E-state index >= 15 is 0 Å². The van der Waals surface area contributed by atoms with Crippen molar-refractivity contribution in [1.29, 1.82) is 0 Å². The second-order valence-electron chi connectivity index (χ2n) is 2.38. The van der Waals surface area contributed by atoms with E-state index in [1.807, 2.05) is 5.43 Å². The van der Waals surface area contributed by atoms with Crippen molar-refractivity contribution in [3.05, 3.63) is 17.8 Å². The van der Waals surface area contributed by atoms with Gasteiger partial charge in [0.25, 0.3) is 5.91 Å². The number of nitrogens with zero attached hydrogens (tertiary/aromatic N) is 1. The number of hydrogen-bond acceptors (Lipinski definition) is 7. The number of nitrogen functional groups attached to an aromatic ring is 3. The highest BCUT2D eigenvalue weighted by molar-refractivity contribution is 5.99. The van der Waals surface area contributed by atoms with Crippen LogP contribution >= 0.6 is 0 Å². The van der Waals surface area contributed by atoms with Crippen molar-refractivity contribution >= 4 is 17.4 Å². The molecule has 14 heavy (non-hydrogen) atoms. The number of nitrogens with two attached hydrogens (primary N) is 3. The lowest BCUT2D eigenvalue weighted by Crippen LogP contribution is -2.31. The quantitative estimate of drug-likeness (QED) is 0.191. The van der Waals surface area contributed by atoms with Crippen molar-refractivity contribution in [3.63, 3.8) is 0 Å². The zero-order chi connectivity index (χ0) is 10.6. The van der Waals surface area contributed by atoms with Gasteiger partial charge in [-0.05, 0) is 6.07 Å². The summed E-state index contributed by atoms with van der Waals surface area (Å²) in [5.41, 5.74) is 7.19. The molecule has 1 aromatic heterocycles. The molecule has 0 fully saturated rings. The summed E-state index contributed by atoms with van der Waals surface area (Å²) < 4.78 is 0. The average Bonchev–Trinajstić information content (AvgIpc) is 2.27. The van der Waals surface area contributed by atoms with E-state index in [-0.39, 0.29) is 5.56 Å². The Hall–Kier alpha value is -1.90. The lowest BCUT2D eigenvalue weighted by Gasteiger charge is -2.08. The number of amides is 1. The molecule has 0 atom stereocenters. The van der Waals surface area contributed by atoms with Crippen molar-refractivity contribution in [2.45, 2.75) is 0 Å². The van der Waals surface area contributed by atoms with Crippen LogP contribution < -0.4 is 33.8 Å². The summed E-state index contributed by atoms with van der Waals surface area (Å²) in [4.78, 5) is 15.1. The standard InChI is InChI=1S/C6H11N7O/c7-11-4-2-10-5(12-8)1-3(4)6(14)13-9/h1-2,11H,7-9H2,(H,10,12)(H,13,14). The molecule has 0 spiro atoms. The number of anilines is 2. The molecule has 0 aliphatic carbocycles. The molecular formula is C6H11N7O. The van der Waals surface area contributed by atoms with E-state index in [0.717, 1.165) is 0 Å². The lowest BCUT2D eigenvalue weighted by atomic mass is 10.2. The van der Waals surface area contributed by atoms with Crippen LogP contribution in [0, 0.1) is 0 Å². The topological polar surface area (TPSA) is 144 Å². The minimum Gasteiger partial charge on any atom is -0.322 e. The fourth-order valence-electron chi connectivity index (χ4n) is 0.915. The molecule has 1 amide bonds. The largest absolute Gasteiger partial charge is 0.322 e. The maximum atomic E-state index is 11.2. The first-order chi connectivity index (χ1) is 6.72. The van der Waals surface area contributed by atoms with Gasteiger partial charge in [-0.25, -0.2) is 16.7 Å². The molecule has 0 aromatic carbocycles. The molecule has 9 N–H and O–H groups in total. The van der Waals surface area contributed by atoms with Crippen LogP contribution in [0.2, 0.25) is 0 Å². The van der Waals surface area contributed by atoms with Crippen LogP contribution in [-0.4, -0.2) is 10.9 Å². The summed E-state index contributed by atoms with van der Waals surface area (Å²) in [6.45, 7) is 0. The first kappa shape index (κ1) is 10.2. The minimum atomic E-state index is -0.489. The summed E-state index contributed by atoms with van der Waals surface area (Å²) in [6.07, 6.45) is 1.36. The smallest absolute Gasteiger partial charge is 0.267 e. The van der Waals surface area contributed by atoms with Gasteiger partial charge in [0, 0.05) is 0 Å². The molecule has 1 aromatic rings. The van der Waals surface area contributed by atoms with Gasteiger partial charge in [0.1, 0.15) is 5.82 Å². The van der Waals surface area contributed by atoms with E-state index < -0.39 is 5.91 Å². The van der Waals surface area contributed by atoms with Gasteiger partial charge in [-0.1, -0.05) is 0 Å². The molecule has 8 nitrogen and oxygen atoms in total. The molecule has 0 radical (unpaired) electrons. The van der Waals surface area contributed by atoms with Gasteiger partial charge in [-0.15, -0.1) is 0 Å². The summed E-state index contributed by atoms with van der Waals surface area (Å²) in [5, 5.41) is 0. The van der Waals surface area contributed by atoms with Crippen molar-refractivity contribution in [2.24, 2.45) is 17.5 Å². The molecule has 0 aliphatic rings. The van der Waals surface area contributed by atoms with Gasteiger partial charge in [-0.2, -0.15) is 0 Å². The predicted molar refractivity (Wildman–Crippen MR) is 51.5 cm³/mol. The Morgan fingerprint density at radius 1 is 1.29 bits per heavy atom. The highest BCUT2D eigenvalue weighted by Crippen LogP contribution is 2.15.